The second-order valence-electron chi connectivity index (χ2n) is 6.07. The third-order valence-corrected chi connectivity index (χ3v) is 7.69. The molecule has 0 spiro atoms. The van der Waals surface area contributed by atoms with E-state index in [0.29, 0.717) is 42.8 Å². The molecule has 1 aliphatic rings. The maximum absolute atomic E-state index is 12.9. The van der Waals surface area contributed by atoms with Crippen LogP contribution < -0.4 is 0 Å². The Hall–Kier alpha value is -1.24. The largest absolute Gasteiger partial charge is 0.296 e. The molecule has 0 unspecified atom stereocenters. The first kappa shape index (κ1) is 19.5. The van der Waals surface area contributed by atoms with Crippen LogP contribution in [0.4, 0.5) is 0 Å². The number of piperazine rings is 1. The number of nitriles is 1. The fourth-order valence-corrected chi connectivity index (χ4v) is 5.82. The van der Waals surface area contributed by atoms with Crippen LogP contribution in [0.15, 0.2) is 56.3 Å². The predicted molar refractivity (Wildman–Crippen MR) is 107 cm³/mol. The van der Waals surface area contributed by atoms with Gasteiger partial charge in [-0.15, -0.1) is 0 Å². The molecule has 0 N–H and O–H groups in total. The molecule has 26 heavy (non-hydrogen) atoms. The number of sulfonamides is 1. The molecule has 1 saturated heterocycles. The summed E-state index contributed by atoms with van der Waals surface area (Å²) >= 11 is 6.68. The van der Waals surface area contributed by atoms with Crippen LogP contribution in [0.3, 0.4) is 0 Å². The first-order chi connectivity index (χ1) is 12.4. The van der Waals surface area contributed by atoms with Gasteiger partial charge in [0.25, 0.3) is 0 Å². The minimum atomic E-state index is -3.54. The highest BCUT2D eigenvalue weighted by molar-refractivity contribution is 9.11. The summed E-state index contributed by atoms with van der Waals surface area (Å²) in [5, 5.41) is 9.00. The molecule has 0 amide bonds. The summed E-state index contributed by atoms with van der Waals surface area (Å²) in [5.74, 6) is 0. The van der Waals surface area contributed by atoms with Gasteiger partial charge in [0.15, 0.2) is 0 Å². The molecule has 1 aliphatic heterocycles. The van der Waals surface area contributed by atoms with Gasteiger partial charge in [-0.25, -0.2) is 8.42 Å². The standard InChI is InChI=1S/C18H17Br2N3O2S/c19-16-4-5-17(20)18(11-16)26(24,25)23-8-6-22(7-9-23)13-15-3-1-2-14(10-15)12-21/h1-5,10-11H,6-9,13H2. The third kappa shape index (κ3) is 4.35. The average Bonchev–Trinajstić information content (AvgIpc) is 2.64. The smallest absolute Gasteiger partial charge is 0.244 e. The van der Waals surface area contributed by atoms with Gasteiger partial charge in [0.05, 0.1) is 16.5 Å². The zero-order valence-corrected chi connectivity index (χ0v) is 17.9. The number of halogens is 2. The lowest BCUT2D eigenvalue weighted by atomic mass is 10.1. The van der Waals surface area contributed by atoms with Crippen molar-refractivity contribution in [2.45, 2.75) is 11.4 Å². The Morgan fingerprint density at radius 2 is 1.77 bits per heavy atom. The van der Waals surface area contributed by atoms with Crippen LogP contribution in [0.5, 0.6) is 0 Å². The maximum Gasteiger partial charge on any atom is 0.244 e. The molecule has 136 valence electrons. The van der Waals surface area contributed by atoms with Crippen molar-refractivity contribution in [3.63, 3.8) is 0 Å². The van der Waals surface area contributed by atoms with Crippen LogP contribution in [0, 0.1) is 11.3 Å². The lowest BCUT2D eigenvalue weighted by molar-refractivity contribution is 0.181. The van der Waals surface area contributed by atoms with E-state index < -0.39 is 10.0 Å². The van der Waals surface area contributed by atoms with Crippen LogP contribution in [0.2, 0.25) is 0 Å². The quantitative estimate of drug-likeness (QED) is 0.646. The minimum Gasteiger partial charge on any atom is -0.296 e. The van der Waals surface area contributed by atoms with Crippen molar-refractivity contribution in [3.05, 3.63) is 62.5 Å². The summed E-state index contributed by atoms with van der Waals surface area (Å²) in [7, 11) is -3.54. The molecule has 3 rings (SSSR count). The molecular weight excluding hydrogens is 482 g/mol. The number of hydrogen-bond donors (Lipinski definition) is 0. The molecule has 8 heteroatoms. The van der Waals surface area contributed by atoms with Crippen molar-refractivity contribution in [1.29, 1.82) is 5.26 Å². The van der Waals surface area contributed by atoms with Crippen molar-refractivity contribution < 1.29 is 8.42 Å². The van der Waals surface area contributed by atoms with Crippen molar-refractivity contribution in [3.8, 4) is 6.07 Å². The van der Waals surface area contributed by atoms with Crippen molar-refractivity contribution in [2.75, 3.05) is 26.2 Å². The summed E-state index contributed by atoms with van der Waals surface area (Å²) in [4.78, 5) is 2.49. The molecule has 0 atom stereocenters. The molecule has 5 nitrogen and oxygen atoms in total. The average molecular weight is 499 g/mol. The molecule has 0 aliphatic carbocycles. The van der Waals surface area contributed by atoms with E-state index in [4.69, 9.17) is 5.26 Å². The molecule has 2 aromatic rings. The number of hydrogen-bond acceptors (Lipinski definition) is 4. The number of benzene rings is 2. The predicted octanol–water partition coefficient (Wildman–Crippen LogP) is 3.59. The van der Waals surface area contributed by atoms with E-state index >= 15 is 0 Å². The molecule has 0 bridgehead atoms. The van der Waals surface area contributed by atoms with E-state index in [1.807, 2.05) is 18.2 Å². The van der Waals surface area contributed by atoms with E-state index in [1.54, 1.807) is 24.3 Å². The molecule has 1 fully saturated rings. The lowest BCUT2D eigenvalue weighted by Crippen LogP contribution is -2.48. The Labute approximate surface area is 170 Å². The second kappa shape index (κ2) is 8.19. The van der Waals surface area contributed by atoms with Gasteiger partial charge in [-0.3, -0.25) is 4.90 Å². The Bertz CT molecular complexity index is 949. The van der Waals surface area contributed by atoms with E-state index in [0.717, 1.165) is 10.0 Å². The normalized spacial score (nSPS) is 16.3. The lowest BCUT2D eigenvalue weighted by Gasteiger charge is -2.34. The summed E-state index contributed by atoms with van der Waals surface area (Å²) in [5.41, 5.74) is 1.71. The molecule has 2 aromatic carbocycles. The third-order valence-electron chi connectivity index (χ3n) is 4.30. The Morgan fingerprint density at radius 3 is 2.46 bits per heavy atom. The minimum absolute atomic E-state index is 0.280. The second-order valence-corrected chi connectivity index (χ2v) is 9.74. The van der Waals surface area contributed by atoms with Gasteiger partial charge in [-0.1, -0.05) is 28.1 Å². The fourth-order valence-electron chi connectivity index (χ4n) is 2.94. The number of rotatable bonds is 4. The zero-order chi connectivity index (χ0) is 18.7. The van der Waals surface area contributed by atoms with Crippen LogP contribution >= 0.6 is 31.9 Å². The van der Waals surface area contributed by atoms with E-state index in [2.05, 4.69) is 42.8 Å². The van der Waals surface area contributed by atoms with Gasteiger partial charge in [0.2, 0.25) is 10.0 Å². The first-order valence-electron chi connectivity index (χ1n) is 8.07. The van der Waals surface area contributed by atoms with Crippen molar-refractivity contribution in [2.24, 2.45) is 0 Å². The first-order valence-corrected chi connectivity index (χ1v) is 11.1. The SMILES string of the molecule is N#Cc1cccc(CN2CCN(S(=O)(=O)c3cc(Br)ccc3Br)CC2)c1. The Kier molecular flexibility index (Phi) is 6.15. The van der Waals surface area contributed by atoms with Gasteiger partial charge < -0.3 is 0 Å². The van der Waals surface area contributed by atoms with E-state index in [1.165, 1.54) is 4.31 Å². The van der Waals surface area contributed by atoms with Gasteiger partial charge in [0.1, 0.15) is 0 Å². The zero-order valence-electron chi connectivity index (χ0n) is 13.9. The van der Waals surface area contributed by atoms with Gasteiger partial charge >= 0.3 is 0 Å². The molecule has 0 radical (unpaired) electrons. The van der Waals surface area contributed by atoms with Crippen LogP contribution in [0.25, 0.3) is 0 Å². The Morgan fingerprint density at radius 1 is 1.04 bits per heavy atom. The summed E-state index contributed by atoms with van der Waals surface area (Å²) in [6.45, 7) is 2.91. The maximum atomic E-state index is 12.9. The molecule has 0 saturated carbocycles. The van der Waals surface area contributed by atoms with Crippen LogP contribution in [0.1, 0.15) is 11.1 Å². The monoisotopic (exact) mass is 497 g/mol. The van der Waals surface area contributed by atoms with Gasteiger partial charge in [0, 0.05) is 41.7 Å². The summed E-state index contributed by atoms with van der Waals surface area (Å²) in [6.07, 6.45) is 0. The van der Waals surface area contributed by atoms with Gasteiger partial charge in [-0.05, 0) is 51.8 Å². The van der Waals surface area contributed by atoms with Gasteiger partial charge in [-0.2, -0.15) is 9.57 Å². The van der Waals surface area contributed by atoms with Crippen LogP contribution in [-0.2, 0) is 16.6 Å². The molecule has 1 heterocycles. The fraction of sp³-hybridized carbons (Fsp3) is 0.278. The van der Waals surface area contributed by atoms with Crippen molar-refractivity contribution in [1.82, 2.24) is 9.21 Å². The number of nitrogens with zero attached hydrogens (tertiary/aromatic N) is 3. The molecular formula is C18H17Br2N3O2S. The van der Waals surface area contributed by atoms with E-state index in [9.17, 15) is 8.42 Å². The summed E-state index contributed by atoms with van der Waals surface area (Å²) in [6, 6.07) is 14.8. The summed E-state index contributed by atoms with van der Waals surface area (Å²) < 4.78 is 28.7. The topological polar surface area (TPSA) is 64.4 Å². The van der Waals surface area contributed by atoms with Crippen molar-refractivity contribution >= 4 is 41.9 Å². The highest BCUT2D eigenvalue weighted by Crippen LogP contribution is 2.29. The highest BCUT2D eigenvalue weighted by atomic mass is 79.9. The van der Waals surface area contributed by atoms with Crippen LogP contribution in [-0.4, -0.2) is 43.8 Å². The Balaban J connectivity index is 1.68. The highest BCUT2D eigenvalue weighted by Gasteiger charge is 2.30. The van der Waals surface area contributed by atoms with E-state index in [-0.39, 0.29) is 4.90 Å². The molecule has 0 aromatic heterocycles.